The number of carbonyl (C=O) groups is 1. The first-order valence-electron chi connectivity index (χ1n) is 8.75. The van der Waals surface area contributed by atoms with Crippen molar-refractivity contribution in [3.05, 3.63) is 40.4 Å². The van der Waals surface area contributed by atoms with Gasteiger partial charge < -0.3 is 24.3 Å². The van der Waals surface area contributed by atoms with E-state index in [-0.39, 0.29) is 5.91 Å². The average Bonchev–Trinajstić information content (AvgIpc) is 2.65. The van der Waals surface area contributed by atoms with Crippen LogP contribution >= 0.6 is 15.9 Å². The third-order valence-electron chi connectivity index (χ3n) is 3.58. The van der Waals surface area contributed by atoms with Crippen LogP contribution in [-0.2, 0) is 0 Å². The first-order chi connectivity index (χ1) is 13.0. The van der Waals surface area contributed by atoms with Gasteiger partial charge in [0.2, 0.25) is 0 Å². The lowest BCUT2D eigenvalue weighted by Gasteiger charge is -2.15. The number of halogens is 1. The Kier molecular flexibility index (Phi) is 7.79. The van der Waals surface area contributed by atoms with Crippen LogP contribution in [0.2, 0.25) is 0 Å². The van der Waals surface area contributed by atoms with Gasteiger partial charge in [-0.15, -0.1) is 0 Å². The van der Waals surface area contributed by atoms with E-state index in [0.29, 0.717) is 58.5 Å². The van der Waals surface area contributed by atoms with E-state index in [2.05, 4.69) is 21.2 Å². The highest BCUT2D eigenvalue weighted by Crippen LogP contribution is 2.37. The fourth-order valence-corrected chi connectivity index (χ4v) is 3.02. The lowest BCUT2D eigenvalue weighted by Crippen LogP contribution is -2.13. The van der Waals surface area contributed by atoms with Crippen LogP contribution in [0.5, 0.6) is 23.0 Å². The lowest BCUT2D eigenvalue weighted by atomic mass is 10.1. The molecule has 0 bridgehead atoms. The van der Waals surface area contributed by atoms with Crippen molar-refractivity contribution in [1.29, 1.82) is 0 Å². The zero-order valence-electron chi connectivity index (χ0n) is 15.9. The van der Waals surface area contributed by atoms with E-state index >= 15 is 0 Å². The Labute approximate surface area is 167 Å². The maximum Gasteiger partial charge on any atom is 0.255 e. The summed E-state index contributed by atoms with van der Waals surface area (Å²) < 4.78 is 22.7. The molecular formula is C20H24BrNO5. The quantitative estimate of drug-likeness (QED) is 0.603. The minimum atomic E-state index is -0.274. The number of rotatable bonds is 9. The van der Waals surface area contributed by atoms with Crippen molar-refractivity contribution in [1.82, 2.24) is 0 Å². The predicted octanol–water partition coefficient (Wildman–Crippen LogP) is 4.91. The summed E-state index contributed by atoms with van der Waals surface area (Å²) in [5.41, 5.74) is 1.05. The highest BCUT2D eigenvalue weighted by Gasteiger charge is 2.16. The van der Waals surface area contributed by atoms with E-state index in [1.165, 1.54) is 7.11 Å². The second-order valence-corrected chi connectivity index (χ2v) is 6.26. The second-order valence-electron chi connectivity index (χ2n) is 5.40. The van der Waals surface area contributed by atoms with Gasteiger partial charge in [-0.25, -0.2) is 0 Å². The van der Waals surface area contributed by atoms with Gasteiger partial charge in [0.05, 0.1) is 31.4 Å². The molecule has 0 saturated carbocycles. The summed E-state index contributed by atoms with van der Waals surface area (Å²) in [6.07, 6.45) is 0. The first kappa shape index (κ1) is 20.9. The fourth-order valence-electron chi connectivity index (χ4n) is 2.47. The van der Waals surface area contributed by atoms with Crippen LogP contribution in [0.3, 0.4) is 0 Å². The molecular weight excluding hydrogens is 414 g/mol. The van der Waals surface area contributed by atoms with Gasteiger partial charge in [-0.1, -0.05) is 0 Å². The minimum Gasteiger partial charge on any atom is -0.493 e. The van der Waals surface area contributed by atoms with E-state index < -0.39 is 0 Å². The molecule has 0 saturated heterocycles. The van der Waals surface area contributed by atoms with E-state index in [1.54, 1.807) is 30.3 Å². The molecule has 0 unspecified atom stereocenters. The lowest BCUT2D eigenvalue weighted by molar-refractivity contribution is 0.102. The molecule has 146 valence electrons. The van der Waals surface area contributed by atoms with Gasteiger partial charge in [0.15, 0.2) is 23.0 Å². The van der Waals surface area contributed by atoms with E-state index in [1.807, 2.05) is 20.8 Å². The summed E-state index contributed by atoms with van der Waals surface area (Å²) in [5, 5.41) is 2.86. The third-order valence-corrected chi connectivity index (χ3v) is 4.17. The smallest absolute Gasteiger partial charge is 0.255 e. The Morgan fingerprint density at radius 1 is 0.926 bits per heavy atom. The molecule has 0 radical (unpaired) electrons. The molecule has 27 heavy (non-hydrogen) atoms. The van der Waals surface area contributed by atoms with Crippen molar-refractivity contribution in [3.63, 3.8) is 0 Å². The van der Waals surface area contributed by atoms with Crippen LogP contribution in [0.15, 0.2) is 34.8 Å². The molecule has 0 heterocycles. The van der Waals surface area contributed by atoms with Crippen LogP contribution in [-0.4, -0.2) is 32.8 Å². The highest BCUT2D eigenvalue weighted by molar-refractivity contribution is 9.10. The number of ether oxygens (including phenoxy) is 4. The number of carbonyl (C=O) groups excluding carboxylic acids is 1. The Bertz CT molecular complexity index is 794. The maximum atomic E-state index is 12.7. The summed E-state index contributed by atoms with van der Waals surface area (Å²) in [6, 6.07) is 8.63. The average molecular weight is 438 g/mol. The van der Waals surface area contributed by atoms with Gasteiger partial charge in [-0.05, 0) is 61.0 Å². The summed E-state index contributed by atoms with van der Waals surface area (Å²) >= 11 is 3.43. The van der Waals surface area contributed by atoms with Gasteiger partial charge in [0, 0.05) is 17.3 Å². The Morgan fingerprint density at radius 2 is 1.59 bits per heavy atom. The van der Waals surface area contributed by atoms with Crippen LogP contribution in [0, 0.1) is 0 Å². The van der Waals surface area contributed by atoms with Crippen molar-refractivity contribution >= 4 is 27.5 Å². The van der Waals surface area contributed by atoms with Crippen molar-refractivity contribution in [2.75, 3.05) is 32.2 Å². The molecule has 0 fully saturated rings. The van der Waals surface area contributed by atoms with Crippen molar-refractivity contribution in [2.24, 2.45) is 0 Å². The van der Waals surface area contributed by atoms with Crippen LogP contribution in [0.25, 0.3) is 0 Å². The molecule has 0 aliphatic heterocycles. The molecule has 2 aromatic rings. The van der Waals surface area contributed by atoms with Gasteiger partial charge >= 0.3 is 0 Å². The fraction of sp³-hybridized carbons (Fsp3) is 0.350. The topological polar surface area (TPSA) is 66.0 Å². The molecule has 0 atom stereocenters. The zero-order valence-corrected chi connectivity index (χ0v) is 17.5. The summed E-state index contributed by atoms with van der Waals surface area (Å²) in [4.78, 5) is 12.7. The molecule has 1 amide bonds. The summed E-state index contributed by atoms with van der Waals surface area (Å²) in [6.45, 7) is 7.21. The number of hydrogen-bond donors (Lipinski definition) is 1. The Balaban J connectivity index is 2.26. The minimum absolute atomic E-state index is 0.274. The maximum absolute atomic E-state index is 12.7. The summed E-state index contributed by atoms with van der Waals surface area (Å²) in [5.74, 6) is 2.00. The number of hydrogen-bond acceptors (Lipinski definition) is 5. The van der Waals surface area contributed by atoms with Gasteiger partial charge in [-0.3, -0.25) is 4.79 Å². The van der Waals surface area contributed by atoms with Crippen molar-refractivity contribution < 1.29 is 23.7 Å². The number of benzene rings is 2. The number of methoxy groups -OCH3 is 1. The summed E-state index contributed by atoms with van der Waals surface area (Å²) in [7, 11) is 1.53. The Hall–Kier alpha value is -2.41. The highest BCUT2D eigenvalue weighted by atomic mass is 79.9. The first-order valence-corrected chi connectivity index (χ1v) is 9.54. The molecule has 0 aromatic heterocycles. The van der Waals surface area contributed by atoms with Crippen molar-refractivity contribution in [3.8, 4) is 23.0 Å². The molecule has 6 nitrogen and oxygen atoms in total. The molecule has 0 spiro atoms. The molecule has 0 aliphatic rings. The van der Waals surface area contributed by atoms with Crippen LogP contribution in [0.1, 0.15) is 31.1 Å². The van der Waals surface area contributed by atoms with Gasteiger partial charge in [0.1, 0.15) is 0 Å². The number of anilines is 1. The normalized spacial score (nSPS) is 10.3. The monoisotopic (exact) mass is 437 g/mol. The zero-order chi connectivity index (χ0) is 19.8. The standard InChI is InChI=1S/C20H24BrNO5/c1-5-25-16-9-8-14(12-17(16)26-6-2)22-20(23)13-10-15(21)19(27-7-3)18(11-13)24-4/h8-12H,5-7H2,1-4H3,(H,22,23). The Morgan fingerprint density at radius 3 is 2.22 bits per heavy atom. The van der Waals surface area contributed by atoms with E-state index in [0.717, 1.165) is 0 Å². The largest absolute Gasteiger partial charge is 0.493 e. The van der Waals surface area contributed by atoms with E-state index in [9.17, 15) is 4.79 Å². The third kappa shape index (κ3) is 5.29. The molecule has 2 aromatic carbocycles. The van der Waals surface area contributed by atoms with E-state index in [4.69, 9.17) is 18.9 Å². The van der Waals surface area contributed by atoms with Gasteiger partial charge in [-0.2, -0.15) is 0 Å². The van der Waals surface area contributed by atoms with Gasteiger partial charge in [0.25, 0.3) is 5.91 Å². The SMILES string of the molecule is CCOc1ccc(NC(=O)c2cc(Br)c(OCC)c(OC)c2)cc1OCC. The second kappa shape index (κ2) is 10.1. The van der Waals surface area contributed by atoms with Crippen LogP contribution in [0.4, 0.5) is 5.69 Å². The van der Waals surface area contributed by atoms with Crippen molar-refractivity contribution in [2.45, 2.75) is 20.8 Å². The molecule has 7 heteroatoms. The molecule has 2 rings (SSSR count). The molecule has 1 N–H and O–H groups in total. The number of nitrogens with one attached hydrogen (secondary N) is 1. The molecule has 0 aliphatic carbocycles. The predicted molar refractivity (Wildman–Crippen MR) is 109 cm³/mol. The number of amides is 1. The van der Waals surface area contributed by atoms with Crippen LogP contribution < -0.4 is 24.3 Å².